The fourth-order valence-electron chi connectivity index (χ4n) is 3.72. The van der Waals surface area contributed by atoms with Crippen molar-refractivity contribution in [2.75, 3.05) is 12.8 Å². The van der Waals surface area contributed by atoms with Crippen LogP contribution in [-0.4, -0.2) is 16.7 Å². The van der Waals surface area contributed by atoms with E-state index < -0.39 is 0 Å². The predicted molar refractivity (Wildman–Crippen MR) is 81.9 cm³/mol. The van der Waals surface area contributed by atoms with E-state index in [4.69, 9.17) is 10.5 Å². The largest absolute Gasteiger partial charge is 0.497 e. The number of aromatic nitrogens is 2. The Morgan fingerprint density at radius 1 is 1.20 bits per heavy atom. The maximum absolute atomic E-state index is 6.18. The van der Waals surface area contributed by atoms with Crippen LogP contribution in [0.15, 0.2) is 18.2 Å². The molecular weight excluding hydrogens is 250 g/mol. The fraction of sp³-hybridized carbons (Fsp3) is 0.562. The fourth-order valence-corrected chi connectivity index (χ4v) is 3.72. The van der Waals surface area contributed by atoms with Crippen LogP contribution < -0.4 is 10.5 Å². The first kappa shape index (κ1) is 13.3. The van der Waals surface area contributed by atoms with Gasteiger partial charge in [-0.15, -0.1) is 0 Å². The van der Waals surface area contributed by atoms with Crippen molar-refractivity contribution in [2.45, 2.75) is 39.2 Å². The van der Waals surface area contributed by atoms with E-state index in [-0.39, 0.29) is 0 Å². The number of ether oxygens (including phenoxy) is 1. The Bertz CT molecular complexity index is 609. The Kier molecular flexibility index (Phi) is 3.32. The van der Waals surface area contributed by atoms with Gasteiger partial charge in [0.2, 0.25) is 5.95 Å². The molecule has 1 aliphatic rings. The third-order valence-electron chi connectivity index (χ3n) is 4.44. The van der Waals surface area contributed by atoms with Gasteiger partial charge in [0, 0.05) is 12.1 Å². The predicted octanol–water partition coefficient (Wildman–Crippen LogP) is 3.62. The quantitative estimate of drug-likeness (QED) is 0.909. The minimum Gasteiger partial charge on any atom is -0.497 e. The summed E-state index contributed by atoms with van der Waals surface area (Å²) in [5, 5.41) is 0. The highest BCUT2D eigenvalue weighted by Crippen LogP contribution is 2.39. The topological polar surface area (TPSA) is 53.1 Å². The number of nitrogens with zero attached hydrogens (tertiary/aromatic N) is 2. The minimum absolute atomic E-state index is 0.450. The molecule has 1 aromatic carbocycles. The number of hydrogen-bond donors (Lipinski definition) is 1. The highest BCUT2D eigenvalue weighted by molar-refractivity contribution is 5.80. The summed E-state index contributed by atoms with van der Waals surface area (Å²) in [4.78, 5) is 4.50. The zero-order valence-electron chi connectivity index (χ0n) is 12.5. The first-order chi connectivity index (χ1) is 9.58. The number of methoxy groups -OCH3 is 1. The summed E-state index contributed by atoms with van der Waals surface area (Å²) >= 11 is 0. The molecule has 0 saturated heterocycles. The second-order valence-corrected chi connectivity index (χ2v) is 6.27. The number of nitrogen functional groups attached to an aromatic ring is 1. The number of fused-ring (bicyclic) bond motifs is 1. The Balaban J connectivity index is 2.07. The highest BCUT2D eigenvalue weighted by atomic mass is 16.5. The van der Waals surface area contributed by atoms with Crippen LogP contribution >= 0.6 is 0 Å². The molecule has 0 bridgehead atoms. The summed E-state index contributed by atoms with van der Waals surface area (Å²) in [5.74, 6) is 2.97. The van der Waals surface area contributed by atoms with Crippen molar-refractivity contribution in [2.24, 2.45) is 11.8 Å². The molecule has 4 heteroatoms. The lowest BCUT2D eigenvalue weighted by Crippen LogP contribution is -2.23. The molecule has 2 unspecified atom stereocenters. The molecule has 0 spiro atoms. The van der Waals surface area contributed by atoms with Gasteiger partial charge in [-0.25, -0.2) is 4.98 Å². The second kappa shape index (κ2) is 5.00. The molecule has 20 heavy (non-hydrogen) atoms. The summed E-state index contributed by atoms with van der Waals surface area (Å²) in [6, 6.07) is 6.41. The van der Waals surface area contributed by atoms with Crippen LogP contribution in [0.1, 0.15) is 39.2 Å². The Hall–Kier alpha value is -1.71. The molecule has 3 rings (SSSR count). The van der Waals surface area contributed by atoms with Crippen LogP contribution in [0.25, 0.3) is 11.0 Å². The molecule has 2 atom stereocenters. The summed E-state index contributed by atoms with van der Waals surface area (Å²) in [6.07, 6.45) is 3.67. The summed E-state index contributed by atoms with van der Waals surface area (Å²) < 4.78 is 7.55. The van der Waals surface area contributed by atoms with Crippen molar-refractivity contribution in [1.29, 1.82) is 0 Å². The van der Waals surface area contributed by atoms with E-state index in [2.05, 4.69) is 23.4 Å². The lowest BCUT2D eigenvalue weighted by Gasteiger charge is -2.33. The molecule has 1 aliphatic carbocycles. The van der Waals surface area contributed by atoms with E-state index in [0.717, 1.165) is 28.6 Å². The maximum Gasteiger partial charge on any atom is 0.201 e. The van der Waals surface area contributed by atoms with Gasteiger partial charge in [0.25, 0.3) is 0 Å². The summed E-state index contributed by atoms with van der Waals surface area (Å²) in [5.41, 5.74) is 8.22. The first-order valence-electron chi connectivity index (χ1n) is 7.40. The third kappa shape index (κ3) is 2.23. The standard InChI is InChI=1S/C16H23N3O/c1-10-6-11(2)8-12(7-10)19-15-9-13(20-3)4-5-14(15)18-16(19)17/h4-5,9-12H,6-8H2,1-3H3,(H2,17,18). The molecule has 2 N–H and O–H groups in total. The van der Waals surface area contributed by atoms with Gasteiger partial charge in [0.15, 0.2) is 0 Å². The van der Waals surface area contributed by atoms with Crippen molar-refractivity contribution in [3.63, 3.8) is 0 Å². The summed E-state index contributed by atoms with van der Waals surface area (Å²) in [6.45, 7) is 4.66. The SMILES string of the molecule is COc1ccc2nc(N)n(C3CC(C)CC(C)C3)c2c1. The molecule has 4 nitrogen and oxygen atoms in total. The number of benzene rings is 1. The van der Waals surface area contributed by atoms with Gasteiger partial charge in [-0.1, -0.05) is 13.8 Å². The van der Waals surface area contributed by atoms with Crippen LogP contribution in [0.2, 0.25) is 0 Å². The van der Waals surface area contributed by atoms with Gasteiger partial charge in [-0.05, 0) is 43.2 Å². The minimum atomic E-state index is 0.450. The average molecular weight is 273 g/mol. The van der Waals surface area contributed by atoms with Crippen LogP contribution in [0.5, 0.6) is 5.75 Å². The maximum atomic E-state index is 6.18. The van der Waals surface area contributed by atoms with Gasteiger partial charge >= 0.3 is 0 Å². The molecule has 0 radical (unpaired) electrons. The second-order valence-electron chi connectivity index (χ2n) is 6.27. The van der Waals surface area contributed by atoms with Crippen LogP contribution in [-0.2, 0) is 0 Å². The molecule has 1 saturated carbocycles. The van der Waals surface area contributed by atoms with Crippen molar-refractivity contribution in [1.82, 2.24) is 9.55 Å². The average Bonchev–Trinajstić information content (AvgIpc) is 2.72. The number of anilines is 1. The first-order valence-corrected chi connectivity index (χ1v) is 7.40. The molecule has 1 fully saturated rings. The number of rotatable bonds is 2. The lowest BCUT2D eigenvalue weighted by atomic mass is 9.80. The van der Waals surface area contributed by atoms with Gasteiger partial charge in [-0.2, -0.15) is 0 Å². The zero-order valence-corrected chi connectivity index (χ0v) is 12.5. The molecule has 1 aromatic heterocycles. The van der Waals surface area contributed by atoms with Gasteiger partial charge in [0.05, 0.1) is 18.1 Å². The Morgan fingerprint density at radius 3 is 2.55 bits per heavy atom. The number of nitrogens with two attached hydrogens (primary N) is 1. The van der Waals surface area contributed by atoms with Crippen molar-refractivity contribution < 1.29 is 4.74 Å². The molecule has 2 aromatic rings. The number of imidazole rings is 1. The smallest absolute Gasteiger partial charge is 0.201 e. The molecule has 0 amide bonds. The monoisotopic (exact) mass is 273 g/mol. The number of hydrogen-bond acceptors (Lipinski definition) is 3. The van der Waals surface area contributed by atoms with E-state index in [0.29, 0.717) is 12.0 Å². The molecule has 1 heterocycles. The van der Waals surface area contributed by atoms with E-state index in [1.165, 1.54) is 19.3 Å². The highest BCUT2D eigenvalue weighted by Gasteiger charge is 2.27. The van der Waals surface area contributed by atoms with Crippen molar-refractivity contribution >= 4 is 17.0 Å². The van der Waals surface area contributed by atoms with Gasteiger partial charge in [0.1, 0.15) is 5.75 Å². The summed E-state index contributed by atoms with van der Waals surface area (Å²) in [7, 11) is 1.69. The van der Waals surface area contributed by atoms with E-state index >= 15 is 0 Å². The third-order valence-corrected chi connectivity index (χ3v) is 4.44. The lowest BCUT2D eigenvalue weighted by molar-refractivity contribution is 0.226. The normalized spacial score (nSPS) is 26.9. The van der Waals surface area contributed by atoms with Crippen molar-refractivity contribution in [3.8, 4) is 5.75 Å². The van der Waals surface area contributed by atoms with E-state index in [1.807, 2.05) is 18.2 Å². The van der Waals surface area contributed by atoms with Gasteiger partial charge < -0.3 is 15.0 Å². The molecule has 108 valence electrons. The zero-order chi connectivity index (χ0) is 14.3. The van der Waals surface area contributed by atoms with Crippen LogP contribution in [0.3, 0.4) is 0 Å². The van der Waals surface area contributed by atoms with Crippen LogP contribution in [0.4, 0.5) is 5.95 Å². The Morgan fingerprint density at radius 2 is 1.90 bits per heavy atom. The van der Waals surface area contributed by atoms with Crippen LogP contribution in [0, 0.1) is 11.8 Å². The van der Waals surface area contributed by atoms with E-state index in [1.54, 1.807) is 7.11 Å². The van der Waals surface area contributed by atoms with E-state index in [9.17, 15) is 0 Å². The molecular formula is C16H23N3O. The Labute approximate surface area is 119 Å². The van der Waals surface area contributed by atoms with Crippen molar-refractivity contribution in [3.05, 3.63) is 18.2 Å². The molecule has 0 aliphatic heterocycles. The van der Waals surface area contributed by atoms with Gasteiger partial charge in [-0.3, -0.25) is 0 Å².